The first-order chi connectivity index (χ1) is 17.4. The van der Waals surface area contributed by atoms with Crippen LogP contribution >= 0.6 is 0 Å². The van der Waals surface area contributed by atoms with Crippen LogP contribution in [0.3, 0.4) is 0 Å². The fourth-order valence-electron chi connectivity index (χ4n) is 3.46. The number of amides is 5. The molecule has 15 nitrogen and oxygen atoms in total. The summed E-state index contributed by atoms with van der Waals surface area (Å²) in [7, 11) is 0. The lowest BCUT2D eigenvalue weighted by atomic mass is 10.0. The lowest BCUT2D eigenvalue weighted by molar-refractivity contribution is -0.143. The highest BCUT2D eigenvalue weighted by Crippen LogP contribution is 2.19. The molecule has 0 radical (unpaired) electrons. The third-order valence-electron chi connectivity index (χ3n) is 5.33. The number of carbonyl (C=O) groups excluding carboxylic acids is 5. The summed E-state index contributed by atoms with van der Waals surface area (Å²) in [6, 6.07) is 1.06. The number of carboxylic acid groups (broad SMARTS) is 1. The van der Waals surface area contributed by atoms with Crippen LogP contribution < -0.4 is 33.2 Å². The van der Waals surface area contributed by atoms with E-state index in [9.17, 15) is 39.0 Å². The van der Waals surface area contributed by atoms with Crippen LogP contribution in [0.2, 0.25) is 0 Å². The zero-order valence-electron chi connectivity index (χ0n) is 19.6. The Morgan fingerprint density at radius 2 is 1.41 bits per heavy atom. The topological polar surface area (TPSA) is 273 Å². The summed E-state index contributed by atoms with van der Waals surface area (Å²) < 4.78 is 0. The number of fused-ring (bicyclic) bond motifs is 1. The number of hydrogen-bond acceptors (Lipinski definition) is 8. The number of aliphatic carboxylic acids is 1. The molecule has 200 valence electrons. The van der Waals surface area contributed by atoms with E-state index in [2.05, 4.69) is 20.9 Å². The van der Waals surface area contributed by atoms with Gasteiger partial charge >= 0.3 is 5.97 Å². The number of hydrogen-bond donors (Lipinski definition) is 9. The predicted octanol–water partition coefficient (Wildman–Crippen LogP) is -3.68. The van der Waals surface area contributed by atoms with Gasteiger partial charge in [-0.2, -0.15) is 0 Å². The molecule has 2 rings (SSSR count). The Morgan fingerprint density at radius 1 is 0.838 bits per heavy atom. The number of H-pyrrole nitrogens is 1. The fraction of sp³-hybridized carbons (Fsp3) is 0.364. The summed E-state index contributed by atoms with van der Waals surface area (Å²) in [6.07, 6.45) is 0.276. The number of para-hydroxylation sites is 1. The Bertz CT molecular complexity index is 1180. The smallest absolute Gasteiger partial charge is 0.328 e. The number of aromatic nitrogens is 1. The molecule has 4 unspecified atom stereocenters. The van der Waals surface area contributed by atoms with Crippen LogP contribution in [-0.2, 0) is 35.2 Å². The summed E-state index contributed by atoms with van der Waals surface area (Å²) in [5.74, 6) is -6.26. The molecule has 0 saturated carbocycles. The van der Waals surface area contributed by atoms with Gasteiger partial charge in [0, 0.05) is 23.5 Å². The number of aliphatic hydroxyl groups is 1. The van der Waals surface area contributed by atoms with Crippen LogP contribution in [0.15, 0.2) is 30.5 Å². The molecule has 0 spiro atoms. The zero-order chi connectivity index (χ0) is 27.7. The standard InChI is InChI=1S/C22H29N7O8/c23-12(6-17(24)31)19(33)27-15(7-18(25)32)21(35)28-14(20(34)29-16(9-30)22(36)37)5-10-8-26-13-4-2-1-3-11(10)13/h1-4,8,12,14-16,26,30H,5-7,9,23H2,(H2,24,31)(H2,25,32)(H,27,33)(H,28,35)(H,29,34)(H,36,37). The Balaban J connectivity index is 2.30. The first-order valence-electron chi connectivity index (χ1n) is 11.0. The monoisotopic (exact) mass is 519 g/mol. The molecular weight excluding hydrogens is 490 g/mol. The molecule has 0 bridgehead atoms. The van der Waals surface area contributed by atoms with Gasteiger partial charge in [0.2, 0.25) is 29.5 Å². The third kappa shape index (κ3) is 8.29. The predicted molar refractivity (Wildman–Crippen MR) is 128 cm³/mol. The van der Waals surface area contributed by atoms with Crippen molar-refractivity contribution in [2.75, 3.05) is 6.61 Å². The molecular formula is C22H29N7O8. The number of carbonyl (C=O) groups is 6. The normalized spacial score (nSPS) is 14.1. The van der Waals surface area contributed by atoms with E-state index >= 15 is 0 Å². The summed E-state index contributed by atoms with van der Waals surface area (Å²) in [6.45, 7) is -0.910. The van der Waals surface area contributed by atoms with Crippen LogP contribution in [0.25, 0.3) is 10.9 Å². The van der Waals surface area contributed by atoms with Crippen molar-refractivity contribution >= 4 is 46.4 Å². The molecule has 12 N–H and O–H groups in total. The Labute approximate surface area is 210 Å². The highest BCUT2D eigenvalue weighted by molar-refractivity contribution is 5.97. The van der Waals surface area contributed by atoms with Gasteiger partial charge in [-0.25, -0.2) is 4.79 Å². The largest absolute Gasteiger partial charge is 0.480 e. The van der Waals surface area contributed by atoms with E-state index in [1.165, 1.54) is 0 Å². The molecule has 4 atom stereocenters. The van der Waals surface area contributed by atoms with Crippen molar-refractivity contribution in [1.82, 2.24) is 20.9 Å². The minimum atomic E-state index is -1.65. The van der Waals surface area contributed by atoms with Crippen LogP contribution in [0, 0.1) is 0 Å². The maximum absolute atomic E-state index is 13.0. The SMILES string of the molecule is NC(=O)CC(N)C(=O)NC(CC(N)=O)C(=O)NC(Cc1c[nH]c2ccccc12)C(=O)NC(CO)C(=O)O. The Morgan fingerprint density at radius 3 is 2.00 bits per heavy atom. The van der Waals surface area contributed by atoms with E-state index in [1.807, 2.05) is 0 Å². The van der Waals surface area contributed by atoms with Crippen LogP contribution in [0.4, 0.5) is 0 Å². The Hall–Kier alpha value is -4.50. The Kier molecular flexibility index (Phi) is 10.1. The van der Waals surface area contributed by atoms with Gasteiger partial charge < -0.3 is 48.3 Å². The fourth-order valence-corrected chi connectivity index (χ4v) is 3.46. The summed E-state index contributed by atoms with van der Waals surface area (Å²) in [5, 5.41) is 25.9. The van der Waals surface area contributed by atoms with Crippen molar-refractivity contribution in [1.29, 1.82) is 0 Å². The average molecular weight is 520 g/mol. The first-order valence-corrected chi connectivity index (χ1v) is 11.0. The molecule has 1 aromatic carbocycles. The van der Waals surface area contributed by atoms with Crippen LogP contribution in [0.1, 0.15) is 18.4 Å². The van der Waals surface area contributed by atoms with E-state index in [0.29, 0.717) is 5.56 Å². The molecule has 0 aliphatic rings. The van der Waals surface area contributed by atoms with Gasteiger partial charge in [0.25, 0.3) is 0 Å². The van der Waals surface area contributed by atoms with Gasteiger partial charge in [-0.1, -0.05) is 18.2 Å². The molecule has 37 heavy (non-hydrogen) atoms. The van der Waals surface area contributed by atoms with Gasteiger partial charge in [0.15, 0.2) is 0 Å². The van der Waals surface area contributed by atoms with Crippen molar-refractivity contribution in [3.8, 4) is 0 Å². The van der Waals surface area contributed by atoms with Gasteiger partial charge in [-0.05, 0) is 11.6 Å². The minimum Gasteiger partial charge on any atom is -0.480 e. The van der Waals surface area contributed by atoms with E-state index in [1.54, 1.807) is 30.5 Å². The second-order valence-electron chi connectivity index (χ2n) is 8.22. The number of nitrogens with two attached hydrogens (primary N) is 3. The quantitative estimate of drug-likeness (QED) is 0.119. The summed E-state index contributed by atoms with van der Waals surface area (Å²) >= 11 is 0. The van der Waals surface area contributed by atoms with Gasteiger partial charge in [-0.3, -0.25) is 24.0 Å². The molecule has 1 heterocycles. The number of aliphatic hydroxyl groups excluding tert-OH is 1. The number of benzene rings is 1. The van der Waals surface area contributed by atoms with Crippen molar-refractivity contribution < 1.29 is 39.0 Å². The molecule has 1 aromatic heterocycles. The number of aromatic amines is 1. The second-order valence-corrected chi connectivity index (χ2v) is 8.22. The number of primary amides is 2. The van der Waals surface area contributed by atoms with E-state index in [-0.39, 0.29) is 6.42 Å². The highest BCUT2D eigenvalue weighted by atomic mass is 16.4. The molecule has 0 aliphatic carbocycles. The number of rotatable bonds is 14. The minimum absolute atomic E-state index is 0.127. The maximum atomic E-state index is 13.0. The van der Waals surface area contributed by atoms with Gasteiger partial charge in [0.1, 0.15) is 18.1 Å². The lowest BCUT2D eigenvalue weighted by Gasteiger charge is -2.24. The average Bonchev–Trinajstić information content (AvgIpc) is 3.23. The zero-order valence-corrected chi connectivity index (χ0v) is 19.6. The molecule has 5 amide bonds. The van der Waals surface area contributed by atoms with Crippen molar-refractivity contribution in [2.45, 2.75) is 43.4 Å². The highest BCUT2D eigenvalue weighted by Gasteiger charge is 2.31. The van der Waals surface area contributed by atoms with E-state index in [0.717, 1.165) is 10.9 Å². The van der Waals surface area contributed by atoms with E-state index in [4.69, 9.17) is 17.2 Å². The number of carboxylic acids is 1. The van der Waals surface area contributed by atoms with Gasteiger partial charge in [0.05, 0.1) is 25.5 Å². The van der Waals surface area contributed by atoms with Crippen molar-refractivity contribution in [3.63, 3.8) is 0 Å². The van der Waals surface area contributed by atoms with Crippen molar-refractivity contribution in [3.05, 3.63) is 36.0 Å². The van der Waals surface area contributed by atoms with Gasteiger partial charge in [-0.15, -0.1) is 0 Å². The molecule has 0 fully saturated rings. The molecule has 2 aromatic rings. The third-order valence-corrected chi connectivity index (χ3v) is 5.33. The molecule has 0 saturated heterocycles. The lowest BCUT2D eigenvalue weighted by Crippen LogP contribution is -2.58. The molecule has 0 aliphatic heterocycles. The van der Waals surface area contributed by atoms with E-state index < -0.39 is 79.1 Å². The van der Waals surface area contributed by atoms with Crippen LogP contribution in [0.5, 0.6) is 0 Å². The van der Waals surface area contributed by atoms with Crippen LogP contribution in [-0.4, -0.2) is 81.5 Å². The first kappa shape index (κ1) is 28.7. The summed E-state index contributed by atoms with van der Waals surface area (Å²) in [4.78, 5) is 75.2. The van der Waals surface area contributed by atoms with Crippen molar-refractivity contribution in [2.24, 2.45) is 17.2 Å². The molecule has 15 heteroatoms. The second kappa shape index (κ2) is 13.0. The summed E-state index contributed by atoms with van der Waals surface area (Å²) in [5.41, 5.74) is 17.1. The number of nitrogens with one attached hydrogen (secondary N) is 4. The maximum Gasteiger partial charge on any atom is 0.328 e.